The second kappa shape index (κ2) is 6.31. The van der Waals surface area contributed by atoms with E-state index < -0.39 is 0 Å². The summed E-state index contributed by atoms with van der Waals surface area (Å²) in [5, 5.41) is 3.10. The highest BCUT2D eigenvalue weighted by Gasteiger charge is 2.27. The van der Waals surface area contributed by atoms with E-state index in [0.717, 1.165) is 23.1 Å². The number of nitrogens with zero attached hydrogens (tertiary/aromatic N) is 1. The summed E-state index contributed by atoms with van der Waals surface area (Å²) in [7, 11) is 1.92. The minimum absolute atomic E-state index is 0.0163. The zero-order valence-corrected chi connectivity index (χ0v) is 11.9. The van der Waals surface area contributed by atoms with Crippen molar-refractivity contribution in [3.8, 4) is 0 Å². The summed E-state index contributed by atoms with van der Waals surface area (Å²) in [4.78, 5) is 13.7. The number of ether oxygens (including phenoxy) is 1. The Morgan fingerprint density at radius 2 is 2.28 bits per heavy atom. The van der Waals surface area contributed by atoms with Gasteiger partial charge in [-0.15, -0.1) is 0 Å². The number of halogens is 1. The summed E-state index contributed by atoms with van der Waals surface area (Å²) in [6.45, 7) is 1.67. The fourth-order valence-corrected chi connectivity index (χ4v) is 2.51. The fraction of sp³-hybridized carbons (Fsp3) is 0.462. The third-order valence-corrected chi connectivity index (χ3v) is 3.66. The molecule has 5 heteroatoms. The summed E-state index contributed by atoms with van der Waals surface area (Å²) < 4.78 is 6.47. The predicted molar refractivity (Wildman–Crippen MR) is 74.8 cm³/mol. The first-order valence-corrected chi connectivity index (χ1v) is 6.82. The standard InChI is InChI=1S/C13H17BrN2O2/c1-15-7-6-10-8-16(13(17)9-18-10)12-5-3-2-4-11(12)14/h2-5,10,15H,6-9H2,1H3. The molecule has 1 fully saturated rings. The van der Waals surface area contributed by atoms with E-state index in [4.69, 9.17) is 4.74 Å². The summed E-state index contributed by atoms with van der Waals surface area (Å²) in [5.74, 6) is 0.0163. The van der Waals surface area contributed by atoms with E-state index >= 15 is 0 Å². The van der Waals surface area contributed by atoms with Crippen molar-refractivity contribution in [1.82, 2.24) is 5.32 Å². The number of benzene rings is 1. The molecule has 0 aliphatic carbocycles. The Balaban J connectivity index is 2.10. The Bertz CT molecular complexity index is 425. The molecule has 1 saturated heterocycles. The van der Waals surface area contributed by atoms with Gasteiger partial charge < -0.3 is 15.0 Å². The molecule has 1 aromatic carbocycles. The van der Waals surface area contributed by atoms with Crippen LogP contribution in [0.4, 0.5) is 5.69 Å². The Hall–Kier alpha value is -0.910. The normalized spacial score (nSPS) is 20.2. The van der Waals surface area contributed by atoms with Crippen molar-refractivity contribution in [2.45, 2.75) is 12.5 Å². The highest BCUT2D eigenvalue weighted by atomic mass is 79.9. The van der Waals surface area contributed by atoms with Crippen LogP contribution in [-0.4, -0.2) is 38.8 Å². The van der Waals surface area contributed by atoms with Gasteiger partial charge in [0.15, 0.2) is 0 Å². The number of carbonyl (C=O) groups excluding carboxylic acids is 1. The van der Waals surface area contributed by atoms with Crippen molar-refractivity contribution < 1.29 is 9.53 Å². The van der Waals surface area contributed by atoms with E-state index in [1.165, 1.54) is 0 Å². The average molecular weight is 313 g/mol. The molecule has 1 atom stereocenters. The topological polar surface area (TPSA) is 41.6 Å². The SMILES string of the molecule is CNCCC1CN(c2ccccc2Br)C(=O)CO1. The maximum Gasteiger partial charge on any atom is 0.253 e. The van der Waals surface area contributed by atoms with E-state index in [-0.39, 0.29) is 18.6 Å². The molecule has 4 nitrogen and oxygen atoms in total. The van der Waals surface area contributed by atoms with Crippen LogP contribution in [0.5, 0.6) is 0 Å². The maximum atomic E-state index is 11.9. The smallest absolute Gasteiger partial charge is 0.253 e. The number of nitrogens with one attached hydrogen (secondary N) is 1. The molecule has 1 N–H and O–H groups in total. The lowest BCUT2D eigenvalue weighted by Crippen LogP contribution is -2.47. The Labute approximate surface area is 115 Å². The third-order valence-electron chi connectivity index (χ3n) is 2.99. The molecule has 0 bridgehead atoms. The molecule has 1 unspecified atom stereocenters. The van der Waals surface area contributed by atoms with Crippen LogP contribution in [0.15, 0.2) is 28.7 Å². The van der Waals surface area contributed by atoms with E-state index in [1.54, 1.807) is 4.90 Å². The van der Waals surface area contributed by atoms with Crippen LogP contribution in [0, 0.1) is 0 Å². The van der Waals surface area contributed by atoms with Crippen LogP contribution in [0.3, 0.4) is 0 Å². The molecule has 98 valence electrons. The Kier molecular flexibility index (Phi) is 4.74. The van der Waals surface area contributed by atoms with Gasteiger partial charge in [0.1, 0.15) is 6.61 Å². The third kappa shape index (κ3) is 3.10. The Morgan fingerprint density at radius 3 is 3.00 bits per heavy atom. The lowest BCUT2D eigenvalue weighted by atomic mass is 10.1. The van der Waals surface area contributed by atoms with E-state index in [9.17, 15) is 4.79 Å². The molecule has 18 heavy (non-hydrogen) atoms. The number of amides is 1. The number of anilines is 1. The highest BCUT2D eigenvalue weighted by molar-refractivity contribution is 9.10. The van der Waals surface area contributed by atoms with Crippen molar-refractivity contribution in [3.63, 3.8) is 0 Å². The maximum absolute atomic E-state index is 11.9. The van der Waals surface area contributed by atoms with Crippen LogP contribution in [0.1, 0.15) is 6.42 Å². The molecule has 1 amide bonds. The molecule has 1 heterocycles. The molecular weight excluding hydrogens is 296 g/mol. The molecule has 1 aliphatic heterocycles. The molecule has 2 rings (SSSR count). The minimum Gasteiger partial charge on any atom is -0.366 e. The number of carbonyl (C=O) groups is 1. The number of hydrogen-bond donors (Lipinski definition) is 1. The van der Waals surface area contributed by atoms with Crippen molar-refractivity contribution in [2.24, 2.45) is 0 Å². The lowest BCUT2D eigenvalue weighted by Gasteiger charge is -2.33. The van der Waals surface area contributed by atoms with Crippen LogP contribution >= 0.6 is 15.9 Å². The summed E-state index contributed by atoms with van der Waals surface area (Å²) in [6.07, 6.45) is 1.01. The largest absolute Gasteiger partial charge is 0.366 e. The highest BCUT2D eigenvalue weighted by Crippen LogP contribution is 2.28. The molecule has 0 saturated carbocycles. The summed E-state index contributed by atoms with van der Waals surface area (Å²) in [6, 6.07) is 7.77. The monoisotopic (exact) mass is 312 g/mol. The van der Waals surface area contributed by atoms with Crippen LogP contribution in [0.25, 0.3) is 0 Å². The predicted octanol–water partition coefficient (Wildman–Crippen LogP) is 1.79. The first kappa shape index (κ1) is 13.5. The number of hydrogen-bond acceptors (Lipinski definition) is 3. The van der Waals surface area contributed by atoms with Gasteiger partial charge in [-0.2, -0.15) is 0 Å². The zero-order valence-electron chi connectivity index (χ0n) is 10.4. The van der Waals surface area contributed by atoms with Crippen molar-refractivity contribution in [3.05, 3.63) is 28.7 Å². The van der Waals surface area contributed by atoms with Gasteiger partial charge >= 0.3 is 0 Å². The number of morpholine rings is 1. The number of rotatable bonds is 4. The van der Waals surface area contributed by atoms with Gasteiger partial charge in [-0.05, 0) is 48.1 Å². The van der Waals surface area contributed by atoms with Crippen molar-refractivity contribution >= 4 is 27.5 Å². The first-order chi connectivity index (χ1) is 8.72. The van der Waals surface area contributed by atoms with Gasteiger partial charge in [0, 0.05) is 4.47 Å². The van der Waals surface area contributed by atoms with Crippen LogP contribution in [-0.2, 0) is 9.53 Å². The van der Waals surface area contributed by atoms with Crippen LogP contribution in [0.2, 0.25) is 0 Å². The molecule has 1 aromatic rings. The zero-order chi connectivity index (χ0) is 13.0. The lowest BCUT2D eigenvalue weighted by molar-refractivity contribution is -0.129. The second-order valence-electron chi connectivity index (χ2n) is 4.28. The average Bonchev–Trinajstić information content (AvgIpc) is 2.39. The van der Waals surface area contributed by atoms with Gasteiger partial charge in [0.25, 0.3) is 5.91 Å². The minimum atomic E-state index is 0.0163. The molecule has 1 aliphatic rings. The second-order valence-corrected chi connectivity index (χ2v) is 5.14. The summed E-state index contributed by atoms with van der Waals surface area (Å²) in [5.41, 5.74) is 0.917. The van der Waals surface area contributed by atoms with Gasteiger partial charge in [0.05, 0.1) is 18.3 Å². The van der Waals surface area contributed by atoms with Crippen LogP contribution < -0.4 is 10.2 Å². The van der Waals surface area contributed by atoms with Gasteiger partial charge in [-0.3, -0.25) is 4.79 Å². The quantitative estimate of drug-likeness (QED) is 0.921. The summed E-state index contributed by atoms with van der Waals surface area (Å²) >= 11 is 3.48. The van der Waals surface area contributed by atoms with Gasteiger partial charge in [-0.1, -0.05) is 12.1 Å². The Morgan fingerprint density at radius 1 is 1.50 bits per heavy atom. The molecular formula is C13H17BrN2O2. The van der Waals surface area contributed by atoms with Gasteiger partial charge in [0.2, 0.25) is 0 Å². The van der Waals surface area contributed by atoms with Gasteiger partial charge in [-0.25, -0.2) is 0 Å². The van der Waals surface area contributed by atoms with E-state index in [0.29, 0.717) is 6.54 Å². The fourth-order valence-electron chi connectivity index (χ4n) is 2.01. The number of para-hydroxylation sites is 1. The van der Waals surface area contributed by atoms with Crippen molar-refractivity contribution in [2.75, 3.05) is 31.6 Å². The molecule has 0 spiro atoms. The van der Waals surface area contributed by atoms with E-state index in [1.807, 2.05) is 31.3 Å². The first-order valence-electron chi connectivity index (χ1n) is 6.03. The van der Waals surface area contributed by atoms with E-state index in [2.05, 4.69) is 21.2 Å². The molecule has 0 radical (unpaired) electrons. The molecule has 0 aromatic heterocycles. The van der Waals surface area contributed by atoms with Crippen molar-refractivity contribution in [1.29, 1.82) is 0 Å².